The zero-order valence-corrected chi connectivity index (χ0v) is 11.5. The molecule has 0 spiro atoms. The smallest absolute Gasteiger partial charge is 0.326 e. The summed E-state index contributed by atoms with van der Waals surface area (Å²) in [5.74, 6) is -0.226. The first-order chi connectivity index (χ1) is 8.41. The maximum absolute atomic E-state index is 12.1. The van der Waals surface area contributed by atoms with E-state index in [1.807, 2.05) is 0 Å². The summed E-state index contributed by atoms with van der Waals surface area (Å²) in [6.45, 7) is 5.66. The molecule has 0 aromatic carbocycles. The van der Waals surface area contributed by atoms with Crippen LogP contribution in [0.3, 0.4) is 0 Å². The van der Waals surface area contributed by atoms with Gasteiger partial charge in [-0.15, -0.1) is 0 Å². The van der Waals surface area contributed by atoms with Gasteiger partial charge < -0.3 is 15.2 Å². The Balaban J connectivity index is 1.84. The molecular weight excluding hydrogens is 230 g/mol. The molecule has 4 heteroatoms. The van der Waals surface area contributed by atoms with E-state index >= 15 is 0 Å². The van der Waals surface area contributed by atoms with Crippen LogP contribution < -0.4 is 5.73 Å². The number of hydrogen-bond acceptors (Lipinski definition) is 4. The minimum Gasteiger partial charge on any atom is -0.461 e. The number of nitrogens with two attached hydrogens (primary N) is 1. The number of carbonyl (C=O) groups is 1. The van der Waals surface area contributed by atoms with Gasteiger partial charge in [-0.3, -0.25) is 4.79 Å². The molecular formula is C14H25NO3. The van der Waals surface area contributed by atoms with Crippen LogP contribution in [0.15, 0.2) is 0 Å². The highest BCUT2D eigenvalue weighted by atomic mass is 16.5. The minimum absolute atomic E-state index is 0.0637. The molecule has 4 nitrogen and oxygen atoms in total. The van der Waals surface area contributed by atoms with E-state index in [2.05, 4.69) is 13.8 Å². The van der Waals surface area contributed by atoms with Crippen LogP contribution in [-0.2, 0) is 14.3 Å². The highest BCUT2D eigenvalue weighted by molar-refractivity contribution is 5.80. The van der Waals surface area contributed by atoms with E-state index in [9.17, 15) is 4.79 Å². The van der Waals surface area contributed by atoms with Gasteiger partial charge in [-0.2, -0.15) is 0 Å². The normalized spacial score (nSPS) is 27.7. The third-order valence-corrected chi connectivity index (χ3v) is 4.35. The average Bonchev–Trinajstić information content (AvgIpc) is 2.33. The van der Waals surface area contributed by atoms with Crippen molar-refractivity contribution in [2.75, 3.05) is 13.2 Å². The Morgan fingerprint density at radius 1 is 1.17 bits per heavy atom. The molecule has 1 aliphatic carbocycles. The fraction of sp³-hybridized carbons (Fsp3) is 0.929. The first-order valence-electron chi connectivity index (χ1n) is 6.99. The van der Waals surface area contributed by atoms with E-state index in [1.165, 1.54) is 0 Å². The summed E-state index contributed by atoms with van der Waals surface area (Å²) in [7, 11) is 0. The maximum Gasteiger partial charge on any atom is 0.326 e. The topological polar surface area (TPSA) is 61.5 Å². The molecule has 0 atom stereocenters. The molecule has 2 rings (SSSR count). The molecule has 104 valence electrons. The zero-order chi connectivity index (χ0) is 13.2. The van der Waals surface area contributed by atoms with E-state index in [0.717, 1.165) is 25.7 Å². The average molecular weight is 255 g/mol. The molecule has 2 aliphatic rings. The molecule has 2 N–H and O–H groups in total. The predicted molar refractivity (Wildman–Crippen MR) is 69.1 cm³/mol. The van der Waals surface area contributed by atoms with E-state index in [-0.39, 0.29) is 12.1 Å². The quantitative estimate of drug-likeness (QED) is 0.767. The standard InChI is InChI=1S/C14H25NO3/c1-13(2)5-3-11(4-6-13)18-12(16)14(15)7-9-17-10-8-14/h11H,3-10,15H2,1-2H3. The van der Waals surface area contributed by atoms with Gasteiger partial charge in [0.25, 0.3) is 0 Å². The van der Waals surface area contributed by atoms with Crippen molar-refractivity contribution in [1.82, 2.24) is 0 Å². The van der Waals surface area contributed by atoms with Crippen molar-refractivity contribution in [3.8, 4) is 0 Å². The molecule has 2 fully saturated rings. The van der Waals surface area contributed by atoms with Crippen LogP contribution in [0.25, 0.3) is 0 Å². The molecule has 0 unspecified atom stereocenters. The van der Waals surface area contributed by atoms with Gasteiger partial charge in [-0.05, 0) is 43.9 Å². The van der Waals surface area contributed by atoms with E-state index in [0.29, 0.717) is 31.5 Å². The van der Waals surface area contributed by atoms with Gasteiger partial charge in [-0.1, -0.05) is 13.8 Å². The van der Waals surface area contributed by atoms with E-state index in [1.54, 1.807) is 0 Å². The number of hydrogen-bond donors (Lipinski definition) is 1. The van der Waals surface area contributed by atoms with Crippen molar-refractivity contribution in [3.63, 3.8) is 0 Å². The maximum atomic E-state index is 12.1. The van der Waals surface area contributed by atoms with Crippen LogP contribution >= 0.6 is 0 Å². The Labute approximate surface area is 109 Å². The Morgan fingerprint density at radius 3 is 2.28 bits per heavy atom. The molecule has 0 aromatic heterocycles. The molecule has 0 bridgehead atoms. The summed E-state index contributed by atoms with van der Waals surface area (Å²) in [4.78, 5) is 12.1. The molecule has 0 radical (unpaired) electrons. The molecule has 18 heavy (non-hydrogen) atoms. The van der Waals surface area contributed by atoms with E-state index < -0.39 is 5.54 Å². The second-order valence-corrected chi connectivity index (χ2v) is 6.54. The van der Waals surface area contributed by atoms with Crippen molar-refractivity contribution in [2.45, 2.75) is 64.0 Å². The first-order valence-corrected chi connectivity index (χ1v) is 6.99. The van der Waals surface area contributed by atoms with Gasteiger partial charge in [0.05, 0.1) is 0 Å². The third-order valence-electron chi connectivity index (χ3n) is 4.35. The summed E-state index contributed by atoms with van der Waals surface area (Å²) in [5, 5.41) is 0. The Kier molecular flexibility index (Phi) is 3.97. The Morgan fingerprint density at radius 2 is 1.72 bits per heavy atom. The van der Waals surface area contributed by atoms with Crippen LogP contribution in [0.1, 0.15) is 52.4 Å². The van der Waals surface area contributed by atoms with Gasteiger partial charge in [0.15, 0.2) is 0 Å². The van der Waals surface area contributed by atoms with Crippen molar-refractivity contribution < 1.29 is 14.3 Å². The van der Waals surface area contributed by atoms with Crippen molar-refractivity contribution in [3.05, 3.63) is 0 Å². The number of esters is 1. The molecule has 1 heterocycles. The lowest BCUT2D eigenvalue weighted by atomic mass is 9.76. The Bertz CT molecular complexity index is 298. The monoisotopic (exact) mass is 255 g/mol. The summed E-state index contributed by atoms with van der Waals surface area (Å²) in [5.41, 5.74) is 5.70. The van der Waals surface area contributed by atoms with E-state index in [4.69, 9.17) is 15.2 Å². The van der Waals surface area contributed by atoms with Crippen LogP contribution in [-0.4, -0.2) is 30.8 Å². The second-order valence-electron chi connectivity index (χ2n) is 6.54. The second kappa shape index (κ2) is 5.17. The Hall–Kier alpha value is -0.610. The highest BCUT2D eigenvalue weighted by Crippen LogP contribution is 2.36. The van der Waals surface area contributed by atoms with Crippen molar-refractivity contribution in [2.24, 2.45) is 11.1 Å². The van der Waals surface area contributed by atoms with Gasteiger partial charge >= 0.3 is 5.97 Å². The van der Waals surface area contributed by atoms with Gasteiger partial charge in [0.2, 0.25) is 0 Å². The lowest BCUT2D eigenvalue weighted by molar-refractivity contribution is -0.162. The van der Waals surface area contributed by atoms with Crippen LogP contribution in [0, 0.1) is 5.41 Å². The minimum atomic E-state index is -0.814. The lowest BCUT2D eigenvalue weighted by Crippen LogP contribution is -2.53. The summed E-state index contributed by atoms with van der Waals surface area (Å²) < 4.78 is 10.9. The van der Waals surface area contributed by atoms with Gasteiger partial charge in [-0.25, -0.2) is 0 Å². The fourth-order valence-electron chi connectivity index (χ4n) is 2.70. The molecule has 1 saturated carbocycles. The SMILES string of the molecule is CC1(C)CCC(OC(=O)C2(N)CCOCC2)CC1. The number of carbonyl (C=O) groups excluding carboxylic acids is 1. The number of rotatable bonds is 2. The van der Waals surface area contributed by atoms with Crippen LogP contribution in [0.2, 0.25) is 0 Å². The van der Waals surface area contributed by atoms with Gasteiger partial charge in [0, 0.05) is 13.2 Å². The summed E-state index contributed by atoms with van der Waals surface area (Å²) in [6, 6.07) is 0. The fourth-order valence-corrected chi connectivity index (χ4v) is 2.70. The lowest BCUT2D eigenvalue weighted by Gasteiger charge is -2.37. The third kappa shape index (κ3) is 3.23. The number of ether oxygens (including phenoxy) is 2. The first kappa shape index (κ1) is 13.8. The zero-order valence-electron chi connectivity index (χ0n) is 11.5. The van der Waals surface area contributed by atoms with Crippen LogP contribution in [0.5, 0.6) is 0 Å². The van der Waals surface area contributed by atoms with Gasteiger partial charge in [0.1, 0.15) is 11.6 Å². The molecule has 1 saturated heterocycles. The van der Waals surface area contributed by atoms with Crippen LogP contribution in [0.4, 0.5) is 0 Å². The highest BCUT2D eigenvalue weighted by Gasteiger charge is 2.39. The summed E-state index contributed by atoms with van der Waals surface area (Å²) in [6.07, 6.45) is 5.37. The van der Waals surface area contributed by atoms with Crippen molar-refractivity contribution in [1.29, 1.82) is 0 Å². The molecule has 1 aliphatic heterocycles. The summed E-state index contributed by atoms with van der Waals surface area (Å²) >= 11 is 0. The predicted octanol–water partition coefficient (Wildman–Crippen LogP) is 2.01. The molecule has 0 amide bonds. The largest absolute Gasteiger partial charge is 0.461 e. The van der Waals surface area contributed by atoms with Crippen molar-refractivity contribution >= 4 is 5.97 Å². The molecule has 0 aromatic rings.